The van der Waals surface area contributed by atoms with Crippen molar-refractivity contribution < 1.29 is 28.2 Å². The van der Waals surface area contributed by atoms with Crippen molar-refractivity contribution in [2.75, 3.05) is 7.11 Å². The maximum Gasteiger partial charge on any atom is 0.326 e. The average molecular weight is 315 g/mol. The Balaban J connectivity index is 2.64. The van der Waals surface area contributed by atoms with E-state index in [9.17, 15) is 18.4 Å². The van der Waals surface area contributed by atoms with E-state index in [1.54, 1.807) is 25.1 Å². The van der Waals surface area contributed by atoms with Gasteiger partial charge in [0.25, 0.3) is 0 Å². The maximum absolute atomic E-state index is 12.3. The van der Waals surface area contributed by atoms with Crippen LogP contribution < -0.4 is 10.1 Å². The van der Waals surface area contributed by atoms with Crippen LogP contribution in [-0.4, -0.2) is 36.6 Å². The Hall–Kier alpha value is -2.18. The van der Waals surface area contributed by atoms with Crippen molar-refractivity contribution in [3.05, 3.63) is 29.8 Å². The second-order valence-electron chi connectivity index (χ2n) is 4.97. The van der Waals surface area contributed by atoms with Gasteiger partial charge in [-0.05, 0) is 23.6 Å². The van der Waals surface area contributed by atoms with Gasteiger partial charge < -0.3 is 15.2 Å². The summed E-state index contributed by atoms with van der Waals surface area (Å²) in [6, 6.07) is 5.55. The number of aliphatic carboxylic acids is 1. The molecular formula is C15H19F2NO4. The van der Waals surface area contributed by atoms with Gasteiger partial charge in [-0.2, -0.15) is 0 Å². The summed E-state index contributed by atoms with van der Waals surface area (Å²) in [5.41, 5.74) is 0.843. The van der Waals surface area contributed by atoms with Gasteiger partial charge in [0, 0.05) is 12.8 Å². The highest BCUT2D eigenvalue weighted by Gasteiger charge is 2.24. The molecule has 0 fully saturated rings. The van der Waals surface area contributed by atoms with Gasteiger partial charge >= 0.3 is 5.97 Å². The molecule has 0 saturated carbocycles. The highest BCUT2D eigenvalue weighted by atomic mass is 19.3. The van der Waals surface area contributed by atoms with Crippen LogP contribution in [-0.2, 0) is 9.59 Å². The summed E-state index contributed by atoms with van der Waals surface area (Å²) in [5.74, 6) is -1.60. The molecule has 0 aliphatic rings. The highest BCUT2D eigenvalue weighted by Crippen LogP contribution is 2.23. The van der Waals surface area contributed by atoms with E-state index < -0.39 is 30.8 Å². The van der Waals surface area contributed by atoms with Crippen molar-refractivity contribution in [1.82, 2.24) is 5.32 Å². The van der Waals surface area contributed by atoms with Crippen molar-refractivity contribution in [2.24, 2.45) is 0 Å². The Morgan fingerprint density at radius 3 is 2.59 bits per heavy atom. The molecular weight excluding hydrogens is 296 g/mol. The minimum absolute atomic E-state index is 0.000184. The lowest BCUT2D eigenvalue weighted by atomic mass is 9.97. The van der Waals surface area contributed by atoms with E-state index in [1.807, 2.05) is 6.07 Å². The molecule has 7 heteroatoms. The molecule has 1 aromatic carbocycles. The first kappa shape index (κ1) is 17.9. The highest BCUT2D eigenvalue weighted by molar-refractivity contribution is 5.83. The molecule has 22 heavy (non-hydrogen) atoms. The fourth-order valence-electron chi connectivity index (χ4n) is 2.00. The molecule has 2 N–H and O–H groups in total. The summed E-state index contributed by atoms with van der Waals surface area (Å²) in [7, 11) is 1.53. The molecule has 1 amide bonds. The van der Waals surface area contributed by atoms with Crippen molar-refractivity contribution in [2.45, 2.75) is 38.2 Å². The zero-order valence-corrected chi connectivity index (χ0v) is 12.4. The molecule has 1 rings (SSSR count). The summed E-state index contributed by atoms with van der Waals surface area (Å²) in [6.45, 7) is 1.79. The van der Waals surface area contributed by atoms with Crippen molar-refractivity contribution in [3.8, 4) is 5.75 Å². The van der Waals surface area contributed by atoms with E-state index in [0.717, 1.165) is 5.56 Å². The Labute approximate surface area is 127 Å². The summed E-state index contributed by atoms with van der Waals surface area (Å²) in [4.78, 5) is 22.7. The van der Waals surface area contributed by atoms with Crippen LogP contribution in [0.1, 0.15) is 31.2 Å². The molecule has 0 radical (unpaired) electrons. The van der Waals surface area contributed by atoms with Gasteiger partial charge in [-0.15, -0.1) is 0 Å². The molecule has 122 valence electrons. The van der Waals surface area contributed by atoms with Crippen LogP contribution in [0.25, 0.3) is 0 Å². The third-order valence-corrected chi connectivity index (χ3v) is 3.20. The van der Waals surface area contributed by atoms with Gasteiger partial charge in [0.2, 0.25) is 12.3 Å². The van der Waals surface area contributed by atoms with E-state index >= 15 is 0 Å². The monoisotopic (exact) mass is 315 g/mol. The second kappa shape index (κ2) is 8.31. The third kappa shape index (κ3) is 5.67. The molecule has 2 unspecified atom stereocenters. The van der Waals surface area contributed by atoms with Gasteiger partial charge in [-0.25, -0.2) is 13.6 Å². The maximum atomic E-state index is 12.3. The molecule has 0 spiro atoms. The van der Waals surface area contributed by atoms with E-state index in [1.165, 1.54) is 7.11 Å². The first-order valence-corrected chi connectivity index (χ1v) is 6.77. The van der Waals surface area contributed by atoms with E-state index in [2.05, 4.69) is 5.32 Å². The van der Waals surface area contributed by atoms with Gasteiger partial charge in [0.15, 0.2) is 0 Å². The summed E-state index contributed by atoms with van der Waals surface area (Å²) in [6.07, 6.45) is -3.70. The normalized spacial score (nSPS) is 13.5. The fraction of sp³-hybridized carbons (Fsp3) is 0.467. The van der Waals surface area contributed by atoms with E-state index in [0.29, 0.717) is 5.75 Å². The number of ether oxygens (including phenoxy) is 1. The summed E-state index contributed by atoms with van der Waals surface area (Å²) >= 11 is 0. The van der Waals surface area contributed by atoms with Crippen molar-refractivity contribution in [3.63, 3.8) is 0 Å². The van der Waals surface area contributed by atoms with Crippen LogP contribution in [0.5, 0.6) is 5.75 Å². The molecule has 0 bridgehead atoms. The Bertz CT molecular complexity index is 522. The smallest absolute Gasteiger partial charge is 0.326 e. The molecule has 5 nitrogen and oxygen atoms in total. The zero-order chi connectivity index (χ0) is 16.7. The van der Waals surface area contributed by atoms with Crippen LogP contribution in [0.3, 0.4) is 0 Å². The minimum Gasteiger partial charge on any atom is -0.497 e. The predicted octanol–water partition coefficient (Wildman–Crippen LogP) is 2.41. The number of alkyl halides is 2. The number of carboxylic acid groups (broad SMARTS) is 1. The number of benzene rings is 1. The molecule has 0 aliphatic carbocycles. The number of hydrogen-bond donors (Lipinski definition) is 2. The van der Waals surface area contributed by atoms with E-state index in [-0.39, 0.29) is 12.3 Å². The molecule has 1 aromatic rings. The number of hydrogen-bond acceptors (Lipinski definition) is 3. The van der Waals surface area contributed by atoms with Crippen LogP contribution in [0.2, 0.25) is 0 Å². The van der Waals surface area contributed by atoms with Gasteiger partial charge in [-0.3, -0.25) is 4.79 Å². The molecule has 0 heterocycles. The number of carbonyl (C=O) groups is 2. The second-order valence-corrected chi connectivity index (χ2v) is 4.97. The Kier molecular flexibility index (Phi) is 6.75. The van der Waals surface area contributed by atoms with Crippen LogP contribution >= 0.6 is 0 Å². The standard InChI is InChI=1S/C15H19F2NO4/c1-9(10-4-3-5-11(7-10)22-2)6-14(19)18-12(15(20)21)8-13(16)17/h3-5,7,9,12-13H,6,8H2,1-2H3,(H,18,19)(H,20,21). The Morgan fingerprint density at radius 2 is 2.05 bits per heavy atom. The number of halogens is 2. The van der Waals surface area contributed by atoms with Crippen LogP contribution in [0, 0.1) is 0 Å². The SMILES string of the molecule is COc1cccc(C(C)CC(=O)NC(CC(F)F)C(=O)O)c1. The topological polar surface area (TPSA) is 75.6 Å². The first-order valence-electron chi connectivity index (χ1n) is 6.77. The summed E-state index contributed by atoms with van der Waals surface area (Å²) < 4.78 is 29.6. The number of rotatable bonds is 8. The minimum atomic E-state index is -2.79. The van der Waals surface area contributed by atoms with Gasteiger partial charge in [-0.1, -0.05) is 19.1 Å². The average Bonchev–Trinajstić information content (AvgIpc) is 2.45. The largest absolute Gasteiger partial charge is 0.497 e. The fourth-order valence-corrected chi connectivity index (χ4v) is 2.00. The first-order chi connectivity index (χ1) is 10.3. The molecule has 2 atom stereocenters. The Morgan fingerprint density at radius 1 is 1.36 bits per heavy atom. The van der Waals surface area contributed by atoms with Gasteiger partial charge in [0.05, 0.1) is 7.11 Å². The molecule has 0 aromatic heterocycles. The molecule has 0 saturated heterocycles. The lowest BCUT2D eigenvalue weighted by Gasteiger charge is -2.17. The number of nitrogens with one attached hydrogen (secondary N) is 1. The number of carboxylic acids is 1. The van der Waals surface area contributed by atoms with Gasteiger partial charge in [0.1, 0.15) is 11.8 Å². The lowest BCUT2D eigenvalue weighted by molar-refractivity contribution is -0.143. The predicted molar refractivity (Wildman–Crippen MR) is 76.2 cm³/mol. The molecule has 0 aliphatic heterocycles. The van der Waals surface area contributed by atoms with Crippen LogP contribution in [0.15, 0.2) is 24.3 Å². The quantitative estimate of drug-likeness (QED) is 0.772. The number of carbonyl (C=O) groups excluding carboxylic acids is 1. The van der Waals surface area contributed by atoms with E-state index in [4.69, 9.17) is 9.84 Å². The zero-order valence-electron chi connectivity index (χ0n) is 12.4. The number of amides is 1. The number of methoxy groups -OCH3 is 1. The van der Waals surface area contributed by atoms with Crippen molar-refractivity contribution >= 4 is 11.9 Å². The lowest BCUT2D eigenvalue weighted by Crippen LogP contribution is -2.42. The van der Waals surface area contributed by atoms with Crippen LogP contribution in [0.4, 0.5) is 8.78 Å². The van der Waals surface area contributed by atoms with Crippen molar-refractivity contribution in [1.29, 1.82) is 0 Å². The third-order valence-electron chi connectivity index (χ3n) is 3.20. The summed E-state index contributed by atoms with van der Waals surface area (Å²) in [5, 5.41) is 11.0.